The smallest absolute Gasteiger partial charge is 0.169 e. The van der Waals surface area contributed by atoms with E-state index in [9.17, 15) is 0 Å². The fraction of sp³-hybridized carbons (Fsp3) is 0.357. The lowest BCUT2D eigenvalue weighted by atomic mass is 10.1. The highest BCUT2D eigenvalue weighted by atomic mass is 79.9. The number of nitrogens with two attached hydrogens (primary N) is 1. The van der Waals surface area contributed by atoms with Crippen LogP contribution in [0.25, 0.3) is 0 Å². The maximum Gasteiger partial charge on any atom is 0.169 e. The van der Waals surface area contributed by atoms with Gasteiger partial charge in [-0.25, -0.2) is 0 Å². The summed E-state index contributed by atoms with van der Waals surface area (Å²) >= 11 is 3.32. The van der Waals surface area contributed by atoms with Crippen molar-refractivity contribution in [1.82, 2.24) is 9.88 Å². The number of halogens is 1. The van der Waals surface area contributed by atoms with Gasteiger partial charge in [-0.15, -0.1) is 0 Å². The quantitative estimate of drug-likeness (QED) is 0.887. The van der Waals surface area contributed by atoms with Crippen LogP contribution in [-0.2, 0) is 6.42 Å². The molecule has 0 amide bonds. The van der Waals surface area contributed by atoms with Crippen LogP contribution in [0.3, 0.4) is 0 Å². The minimum absolute atomic E-state index is 0.105. The third-order valence-electron chi connectivity index (χ3n) is 3.18. The monoisotopic (exact) mass is 323 g/mol. The largest absolute Gasteiger partial charge is 0.453 e. The van der Waals surface area contributed by atoms with Gasteiger partial charge in [0.2, 0.25) is 0 Å². The molecule has 0 spiro atoms. The van der Waals surface area contributed by atoms with Gasteiger partial charge < -0.3 is 10.2 Å². The Morgan fingerprint density at radius 2 is 2.05 bits per heavy atom. The van der Waals surface area contributed by atoms with E-state index in [4.69, 9.17) is 10.2 Å². The molecule has 2 aromatic heterocycles. The minimum Gasteiger partial charge on any atom is -0.453 e. The first-order chi connectivity index (χ1) is 9.20. The molecule has 0 aliphatic rings. The van der Waals surface area contributed by atoms with Crippen LogP contribution >= 0.6 is 15.9 Å². The number of nitrogens with zero attached hydrogens (tertiary/aromatic N) is 2. The van der Waals surface area contributed by atoms with Crippen LogP contribution in [0.1, 0.15) is 17.4 Å². The Morgan fingerprint density at radius 3 is 2.63 bits per heavy atom. The topological polar surface area (TPSA) is 55.3 Å². The van der Waals surface area contributed by atoms with Crippen molar-refractivity contribution in [2.24, 2.45) is 5.73 Å². The zero-order valence-corrected chi connectivity index (χ0v) is 12.5. The second-order valence-corrected chi connectivity index (χ2v) is 5.26. The molecule has 102 valence electrons. The van der Waals surface area contributed by atoms with Crippen LogP contribution in [-0.4, -0.2) is 30.0 Å². The molecule has 1 atom stereocenters. The van der Waals surface area contributed by atoms with Crippen LogP contribution in [0.5, 0.6) is 0 Å². The molecule has 2 N–H and O–H groups in total. The number of hydrogen-bond acceptors (Lipinski definition) is 4. The zero-order chi connectivity index (χ0) is 13.7. The molecule has 1 unspecified atom stereocenters. The van der Waals surface area contributed by atoms with Gasteiger partial charge in [-0.3, -0.25) is 9.88 Å². The van der Waals surface area contributed by atoms with Crippen molar-refractivity contribution in [3.8, 4) is 0 Å². The fourth-order valence-corrected chi connectivity index (χ4v) is 2.35. The SMILES string of the molecule is CN(CCc1ccncc1)C(CN)c1ccc(Br)o1. The molecule has 0 saturated carbocycles. The molecule has 2 heterocycles. The molecule has 0 fully saturated rings. The summed E-state index contributed by atoms with van der Waals surface area (Å²) < 4.78 is 6.33. The van der Waals surface area contributed by atoms with E-state index in [-0.39, 0.29) is 6.04 Å². The van der Waals surface area contributed by atoms with E-state index in [2.05, 4.69) is 32.9 Å². The van der Waals surface area contributed by atoms with Gasteiger partial charge in [0.15, 0.2) is 4.67 Å². The van der Waals surface area contributed by atoms with E-state index < -0.39 is 0 Å². The maximum absolute atomic E-state index is 5.86. The summed E-state index contributed by atoms with van der Waals surface area (Å²) in [5.74, 6) is 0.895. The summed E-state index contributed by atoms with van der Waals surface area (Å²) in [6.45, 7) is 1.46. The van der Waals surface area contributed by atoms with Crippen molar-refractivity contribution >= 4 is 15.9 Å². The van der Waals surface area contributed by atoms with E-state index in [1.54, 1.807) is 0 Å². The minimum atomic E-state index is 0.105. The van der Waals surface area contributed by atoms with Crippen LogP contribution in [0, 0.1) is 0 Å². The Balaban J connectivity index is 1.96. The molecular formula is C14H18BrN3O. The molecule has 2 rings (SSSR count). The van der Waals surface area contributed by atoms with Crippen LogP contribution in [0.4, 0.5) is 0 Å². The molecule has 0 saturated heterocycles. The normalized spacial score (nSPS) is 12.8. The lowest BCUT2D eigenvalue weighted by molar-refractivity contribution is 0.221. The van der Waals surface area contributed by atoms with Crippen molar-refractivity contribution in [2.45, 2.75) is 12.5 Å². The van der Waals surface area contributed by atoms with Gasteiger partial charge in [-0.05, 0) is 59.2 Å². The van der Waals surface area contributed by atoms with Gasteiger partial charge in [-0.2, -0.15) is 0 Å². The first kappa shape index (κ1) is 14.2. The van der Waals surface area contributed by atoms with Gasteiger partial charge in [0.1, 0.15) is 5.76 Å². The summed E-state index contributed by atoms with van der Waals surface area (Å²) in [5, 5.41) is 0. The Bertz CT molecular complexity index is 500. The number of rotatable bonds is 6. The summed E-state index contributed by atoms with van der Waals surface area (Å²) in [7, 11) is 2.06. The summed E-state index contributed by atoms with van der Waals surface area (Å²) in [6.07, 6.45) is 4.61. The predicted octanol–water partition coefficient (Wildman–Crippen LogP) is 2.61. The highest BCUT2D eigenvalue weighted by Crippen LogP contribution is 2.23. The summed E-state index contributed by atoms with van der Waals surface area (Å²) in [4.78, 5) is 6.23. The molecule has 2 aromatic rings. The number of hydrogen-bond donors (Lipinski definition) is 1. The number of aromatic nitrogens is 1. The van der Waals surface area contributed by atoms with Crippen molar-refractivity contribution in [3.05, 3.63) is 52.7 Å². The van der Waals surface area contributed by atoms with Crippen molar-refractivity contribution in [1.29, 1.82) is 0 Å². The second kappa shape index (κ2) is 6.84. The lowest BCUT2D eigenvalue weighted by Gasteiger charge is -2.25. The van der Waals surface area contributed by atoms with Gasteiger partial charge >= 0.3 is 0 Å². The number of pyridine rings is 1. The average Bonchev–Trinajstić information content (AvgIpc) is 2.85. The second-order valence-electron chi connectivity index (χ2n) is 4.48. The first-order valence-electron chi connectivity index (χ1n) is 6.25. The van der Waals surface area contributed by atoms with E-state index in [1.807, 2.05) is 36.7 Å². The van der Waals surface area contributed by atoms with E-state index in [1.165, 1.54) is 5.56 Å². The third-order valence-corrected chi connectivity index (χ3v) is 3.61. The average molecular weight is 324 g/mol. The van der Waals surface area contributed by atoms with E-state index in [0.29, 0.717) is 6.54 Å². The third kappa shape index (κ3) is 3.89. The van der Waals surface area contributed by atoms with E-state index >= 15 is 0 Å². The molecule has 19 heavy (non-hydrogen) atoms. The molecule has 0 aromatic carbocycles. The number of likely N-dealkylation sites (N-methyl/N-ethyl adjacent to an activating group) is 1. The molecule has 5 heteroatoms. The van der Waals surface area contributed by atoms with Crippen LogP contribution in [0.15, 0.2) is 45.7 Å². The zero-order valence-electron chi connectivity index (χ0n) is 10.9. The van der Waals surface area contributed by atoms with Crippen molar-refractivity contribution in [2.75, 3.05) is 20.1 Å². The fourth-order valence-electron chi connectivity index (χ4n) is 2.03. The molecule has 0 aliphatic heterocycles. The maximum atomic E-state index is 5.86. The Morgan fingerprint density at radius 1 is 1.32 bits per heavy atom. The van der Waals surface area contributed by atoms with Crippen LogP contribution in [0.2, 0.25) is 0 Å². The molecular weight excluding hydrogens is 306 g/mol. The van der Waals surface area contributed by atoms with Crippen LogP contribution < -0.4 is 5.73 Å². The Labute approximate surface area is 121 Å². The van der Waals surface area contributed by atoms with Gasteiger partial charge in [0, 0.05) is 25.5 Å². The molecule has 0 aliphatic carbocycles. The van der Waals surface area contributed by atoms with Gasteiger partial charge in [-0.1, -0.05) is 0 Å². The Kier molecular flexibility index (Phi) is 5.13. The summed E-state index contributed by atoms with van der Waals surface area (Å²) in [5.41, 5.74) is 7.13. The predicted molar refractivity (Wildman–Crippen MR) is 78.8 cm³/mol. The number of furan rings is 1. The van der Waals surface area contributed by atoms with Gasteiger partial charge in [0.05, 0.1) is 6.04 Å². The first-order valence-corrected chi connectivity index (χ1v) is 7.04. The highest BCUT2D eigenvalue weighted by molar-refractivity contribution is 9.10. The van der Waals surface area contributed by atoms with Gasteiger partial charge in [0.25, 0.3) is 0 Å². The molecule has 0 radical (unpaired) electrons. The summed E-state index contributed by atoms with van der Waals surface area (Å²) in [6, 6.07) is 8.04. The molecule has 4 nitrogen and oxygen atoms in total. The Hall–Kier alpha value is -1.17. The molecule has 0 bridgehead atoms. The van der Waals surface area contributed by atoms with Crippen molar-refractivity contribution in [3.63, 3.8) is 0 Å². The lowest BCUT2D eigenvalue weighted by Crippen LogP contribution is -2.31. The highest BCUT2D eigenvalue weighted by Gasteiger charge is 2.18. The van der Waals surface area contributed by atoms with Crippen molar-refractivity contribution < 1.29 is 4.42 Å². The standard InChI is InChI=1S/C14H18BrN3O/c1-18(9-6-11-4-7-17-8-5-11)12(10-16)13-2-3-14(15)19-13/h2-5,7-8,12H,6,9-10,16H2,1H3. The van der Waals surface area contributed by atoms with E-state index in [0.717, 1.165) is 23.4 Å².